The summed E-state index contributed by atoms with van der Waals surface area (Å²) in [6.45, 7) is 16.6. The van der Waals surface area contributed by atoms with Crippen LogP contribution < -0.4 is 0 Å². The molecule has 0 aliphatic carbocycles. The van der Waals surface area contributed by atoms with Crippen molar-refractivity contribution < 1.29 is 32.9 Å². The SMILES string of the molecule is C[SiH](C)O[Si]1O[Si](O[SiH](C)C)O[Si](O[SiH](C)C)O[Si](O[SiH](C)C)O1. The highest BCUT2D eigenvalue weighted by atomic mass is 28.5. The lowest BCUT2D eigenvalue weighted by molar-refractivity contribution is 0.147. The summed E-state index contributed by atoms with van der Waals surface area (Å²) < 4.78 is 47.5. The smallest absolute Gasteiger partial charge is 0.417 e. The van der Waals surface area contributed by atoms with Crippen molar-refractivity contribution in [1.29, 1.82) is 0 Å². The maximum absolute atomic E-state index is 5.96. The molecule has 4 radical (unpaired) electrons. The minimum atomic E-state index is -1.98. The Morgan fingerprint density at radius 3 is 0.708 bits per heavy atom. The lowest BCUT2D eigenvalue weighted by Crippen LogP contribution is -2.55. The van der Waals surface area contributed by atoms with E-state index in [9.17, 15) is 0 Å². The van der Waals surface area contributed by atoms with Gasteiger partial charge in [-0.1, -0.05) is 0 Å². The van der Waals surface area contributed by atoms with Gasteiger partial charge in [-0.15, -0.1) is 0 Å². The van der Waals surface area contributed by atoms with E-state index in [1.165, 1.54) is 0 Å². The van der Waals surface area contributed by atoms with E-state index in [0.717, 1.165) is 0 Å². The molecule has 140 valence electrons. The van der Waals surface area contributed by atoms with Crippen LogP contribution in [-0.2, 0) is 32.9 Å². The van der Waals surface area contributed by atoms with E-state index in [4.69, 9.17) is 32.9 Å². The third-order valence-electron chi connectivity index (χ3n) is 1.99. The molecule has 0 unspecified atom stereocenters. The van der Waals surface area contributed by atoms with Crippen LogP contribution in [0.1, 0.15) is 0 Å². The molecule has 1 saturated heterocycles. The van der Waals surface area contributed by atoms with Crippen molar-refractivity contribution in [3.05, 3.63) is 0 Å². The average molecular weight is 477 g/mol. The molecule has 16 heteroatoms. The summed E-state index contributed by atoms with van der Waals surface area (Å²) in [6.07, 6.45) is 0. The maximum atomic E-state index is 5.96. The monoisotopic (exact) mass is 476 g/mol. The molecule has 1 heterocycles. The van der Waals surface area contributed by atoms with Gasteiger partial charge in [0.2, 0.25) is 0 Å². The topological polar surface area (TPSA) is 73.8 Å². The average Bonchev–Trinajstić information content (AvgIpc) is 2.32. The first-order valence-electron chi connectivity index (χ1n) is 8.01. The summed E-state index contributed by atoms with van der Waals surface area (Å²) in [5.74, 6) is 0. The minimum Gasteiger partial charge on any atom is -0.417 e. The zero-order chi connectivity index (χ0) is 18.3. The molecule has 0 saturated carbocycles. The normalized spacial score (nSPS) is 20.5. The molecule has 1 aliphatic rings. The summed E-state index contributed by atoms with van der Waals surface area (Å²) in [7, 11) is -13.2. The molecule has 24 heavy (non-hydrogen) atoms. The van der Waals surface area contributed by atoms with Gasteiger partial charge < -0.3 is 32.9 Å². The predicted molar refractivity (Wildman–Crippen MR) is 107 cm³/mol. The zero-order valence-electron chi connectivity index (χ0n) is 15.6. The molecular formula is C8H28O8Si8. The maximum Gasteiger partial charge on any atom is 0.550 e. The third kappa shape index (κ3) is 10.5. The number of hydrogen-bond donors (Lipinski definition) is 0. The summed E-state index contributed by atoms with van der Waals surface area (Å²) in [4.78, 5) is 0. The predicted octanol–water partition coefficient (Wildman–Crippen LogP) is 0.00600. The van der Waals surface area contributed by atoms with Gasteiger partial charge in [0.05, 0.1) is 0 Å². The van der Waals surface area contributed by atoms with Crippen LogP contribution in [0.3, 0.4) is 0 Å². The molecule has 1 fully saturated rings. The quantitative estimate of drug-likeness (QED) is 0.453. The van der Waals surface area contributed by atoms with Gasteiger partial charge in [0.15, 0.2) is 36.2 Å². The molecule has 8 nitrogen and oxygen atoms in total. The summed E-state index contributed by atoms with van der Waals surface area (Å²) in [5, 5.41) is 0. The Labute approximate surface area is 159 Å². The second-order valence-electron chi connectivity index (χ2n) is 6.07. The summed E-state index contributed by atoms with van der Waals surface area (Å²) in [6, 6.07) is 0. The second-order valence-corrected chi connectivity index (χ2v) is 23.5. The van der Waals surface area contributed by atoms with E-state index < -0.39 is 74.3 Å². The van der Waals surface area contributed by atoms with Crippen molar-refractivity contribution in [3.8, 4) is 0 Å². The van der Waals surface area contributed by atoms with Gasteiger partial charge in [0.25, 0.3) is 0 Å². The molecule has 0 aromatic rings. The highest BCUT2D eigenvalue weighted by Gasteiger charge is 2.45. The molecule has 1 aliphatic heterocycles. The van der Waals surface area contributed by atoms with Crippen LogP contribution >= 0.6 is 0 Å². The Morgan fingerprint density at radius 1 is 0.417 bits per heavy atom. The van der Waals surface area contributed by atoms with Crippen LogP contribution in [0.25, 0.3) is 0 Å². The first-order chi connectivity index (χ1) is 11.2. The van der Waals surface area contributed by atoms with Crippen LogP contribution in [-0.4, -0.2) is 74.3 Å². The zero-order valence-corrected chi connectivity index (χ0v) is 24.2. The molecular weight excluding hydrogens is 449 g/mol. The van der Waals surface area contributed by atoms with E-state index in [0.29, 0.717) is 0 Å². The van der Waals surface area contributed by atoms with E-state index >= 15 is 0 Å². The van der Waals surface area contributed by atoms with Crippen LogP contribution in [0.15, 0.2) is 0 Å². The highest BCUT2D eigenvalue weighted by Crippen LogP contribution is 2.13. The Morgan fingerprint density at radius 2 is 0.583 bits per heavy atom. The molecule has 0 atom stereocenters. The lowest BCUT2D eigenvalue weighted by atomic mass is 11.9. The standard InChI is InChI=1S/C8H28O8Si8/c1-17(2)9-21-13-22(10-18(3)4)15-24(12-20(7)8)16-23(14-21)11-19(5)6/h17-20H,1-8H3. The second kappa shape index (κ2) is 12.0. The Hall–Kier alpha value is 1.42. The molecule has 0 aromatic carbocycles. The van der Waals surface area contributed by atoms with Crippen molar-refractivity contribution in [3.63, 3.8) is 0 Å². The molecule has 0 spiro atoms. The minimum absolute atomic E-state index is 1.33. The van der Waals surface area contributed by atoms with Gasteiger partial charge >= 0.3 is 38.1 Å². The van der Waals surface area contributed by atoms with Crippen molar-refractivity contribution in [2.75, 3.05) is 0 Å². The van der Waals surface area contributed by atoms with Gasteiger partial charge in [0, 0.05) is 0 Å². The third-order valence-corrected chi connectivity index (χ3v) is 17.9. The fourth-order valence-corrected chi connectivity index (χ4v) is 16.8. The number of hydrogen-bond acceptors (Lipinski definition) is 8. The Bertz CT molecular complexity index is 278. The summed E-state index contributed by atoms with van der Waals surface area (Å²) >= 11 is 0. The number of rotatable bonds is 8. The summed E-state index contributed by atoms with van der Waals surface area (Å²) in [5.41, 5.74) is 0. The van der Waals surface area contributed by atoms with E-state index in [-0.39, 0.29) is 0 Å². The van der Waals surface area contributed by atoms with Gasteiger partial charge in [-0.05, 0) is 52.4 Å². The lowest BCUT2D eigenvalue weighted by Gasteiger charge is -2.31. The molecule has 0 bridgehead atoms. The van der Waals surface area contributed by atoms with Crippen molar-refractivity contribution in [2.45, 2.75) is 52.4 Å². The van der Waals surface area contributed by atoms with E-state index in [1.54, 1.807) is 0 Å². The van der Waals surface area contributed by atoms with Crippen molar-refractivity contribution in [2.24, 2.45) is 0 Å². The highest BCUT2D eigenvalue weighted by molar-refractivity contribution is 6.75. The van der Waals surface area contributed by atoms with Crippen molar-refractivity contribution >= 4 is 74.3 Å². The fraction of sp³-hybridized carbons (Fsp3) is 1.00. The van der Waals surface area contributed by atoms with E-state index in [2.05, 4.69) is 52.4 Å². The largest absolute Gasteiger partial charge is 0.550 e. The Kier molecular flexibility index (Phi) is 11.7. The van der Waals surface area contributed by atoms with E-state index in [1.807, 2.05) is 0 Å². The molecule has 0 N–H and O–H groups in total. The molecule has 0 amide bonds. The molecule has 0 aromatic heterocycles. The van der Waals surface area contributed by atoms with Crippen LogP contribution in [0, 0.1) is 0 Å². The molecule has 1 rings (SSSR count). The fourth-order valence-electron chi connectivity index (χ4n) is 1.32. The van der Waals surface area contributed by atoms with Crippen molar-refractivity contribution in [1.82, 2.24) is 0 Å². The van der Waals surface area contributed by atoms with Crippen LogP contribution in [0.5, 0.6) is 0 Å². The Balaban J connectivity index is 2.86. The van der Waals surface area contributed by atoms with Gasteiger partial charge in [-0.3, -0.25) is 0 Å². The first kappa shape index (κ1) is 23.5. The van der Waals surface area contributed by atoms with Crippen LogP contribution in [0.2, 0.25) is 52.4 Å². The van der Waals surface area contributed by atoms with Crippen LogP contribution in [0.4, 0.5) is 0 Å². The first-order valence-corrected chi connectivity index (χ1v) is 24.0. The van der Waals surface area contributed by atoms with Gasteiger partial charge in [0.1, 0.15) is 0 Å². The van der Waals surface area contributed by atoms with Gasteiger partial charge in [-0.25, -0.2) is 0 Å². The van der Waals surface area contributed by atoms with Gasteiger partial charge in [-0.2, -0.15) is 0 Å².